The number of aryl methyl sites for hydroxylation is 2. The molecule has 2 aromatic rings. The number of unbranched alkanes of at least 4 members (excludes halogenated alkanes) is 4. The van der Waals surface area contributed by atoms with Crippen LogP contribution >= 0.6 is 0 Å². The number of aliphatic carboxylic acids is 1. The molecule has 1 atom stereocenters. The first-order valence-corrected chi connectivity index (χ1v) is 10.1. The van der Waals surface area contributed by atoms with Crippen LogP contribution in [0.2, 0.25) is 0 Å². The zero-order valence-corrected chi connectivity index (χ0v) is 15.9. The third-order valence-corrected chi connectivity index (χ3v) is 5.26. The first-order chi connectivity index (χ1) is 13.2. The highest BCUT2D eigenvalue weighted by atomic mass is 16.4. The van der Waals surface area contributed by atoms with E-state index in [1.807, 2.05) is 6.07 Å². The average Bonchev–Trinajstić information content (AvgIpc) is 2.70. The van der Waals surface area contributed by atoms with Crippen molar-refractivity contribution in [1.29, 1.82) is 0 Å². The summed E-state index contributed by atoms with van der Waals surface area (Å²) in [5, 5.41) is 12.8. The predicted octanol–water partition coefficient (Wildman–Crippen LogP) is 4.59. The maximum Gasteiger partial charge on any atom is 0.311 e. The van der Waals surface area contributed by atoms with E-state index < -0.39 is 11.9 Å². The number of carbonyl (C=O) groups is 1. The Balaban J connectivity index is 1.33. The molecule has 0 aliphatic carbocycles. The molecule has 144 valence electrons. The van der Waals surface area contributed by atoms with Crippen molar-refractivity contribution >= 4 is 11.8 Å². The molecular weight excluding hydrogens is 338 g/mol. The van der Waals surface area contributed by atoms with Gasteiger partial charge in [0.05, 0.1) is 5.92 Å². The second-order valence-corrected chi connectivity index (χ2v) is 7.32. The predicted molar refractivity (Wildman–Crippen MR) is 107 cm³/mol. The van der Waals surface area contributed by atoms with Crippen molar-refractivity contribution in [2.45, 2.75) is 63.7 Å². The lowest BCUT2D eigenvalue weighted by Gasteiger charge is -2.17. The second kappa shape index (κ2) is 10.0. The lowest BCUT2D eigenvalue weighted by atomic mass is 9.94. The van der Waals surface area contributed by atoms with Crippen LogP contribution in [0, 0.1) is 0 Å². The first-order valence-electron chi connectivity index (χ1n) is 10.1. The molecule has 3 heterocycles. The molecule has 0 saturated carbocycles. The van der Waals surface area contributed by atoms with Crippen molar-refractivity contribution in [2.75, 3.05) is 11.9 Å². The molecular formula is C22H29N3O2. The van der Waals surface area contributed by atoms with E-state index in [1.54, 1.807) is 18.5 Å². The van der Waals surface area contributed by atoms with Crippen molar-refractivity contribution in [3.63, 3.8) is 0 Å². The number of carboxylic acids is 1. The molecule has 1 aliphatic heterocycles. The Morgan fingerprint density at radius 1 is 1.15 bits per heavy atom. The van der Waals surface area contributed by atoms with Crippen LogP contribution < -0.4 is 5.32 Å². The fraction of sp³-hybridized carbons (Fsp3) is 0.500. The summed E-state index contributed by atoms with van der Waals surface area (Å²) in [7, 11) is 0. The van der Waals surface area contributed by atoms with Gasteiger partial charge < -0.3 is 10.4 Å². The molecule has 0 saturated heterocycles. The van der Waals surface area contributed by atoms with Gasteiger partial charge in [0, 0.05) is 24.6 Å². The Hall–Kier alpha value is -2.43. The van der Waals surface area contributed by atoms with Gasteiger partial charge in [0.2, 0.25) is 0 Å². The molecule has 0 bridgehead atoms. The number of nitrogens with one attached hydrogen (secondary N) is 1. The Kier molecular flexibility index (Phi) is 7.19. The minimum Gasteiger partial charge on any atom is -0.481 e. The summed E-state index contributed by atoms with van der Waals surface area (Å²) in [4.78, 5) is 20.3. The third-order valence-electron chi connectivity index (χ3n) is 5.26. The topological polar surface area (TPSA) is 75.1 Å². The molecule has 2 N–H and O–H groups in total. The lowest BCUT2D eigenvalue weighted by molar-refractivity contribution is -0.139. The Labute approximate surface area is 161 Å². The van der Waals surface area contributed by atoms with Gasteiger partial charge in [0.1, 0.15) is 5.82 Å². The first kappa shape index (κ1) is 19.3. The number of anilines is 1. The van der Waals surface area contributed by atoms with Crippen LogP contribution in [0.25, 0.3) is 0 Å². The summed E-state index contributed by atoms with van der Waals surface area (Å²) in [5.74, 6) is -0.116. The number of nitrogens with zero attached hydrogens (tertiary/aromatic N) is 2. The average molecular weight is 367 g/mol. The fourth-order valence-electron chi connectivity index (χ4n) is 3.71. The Bertz CT molecular complexity index is 734. The quantitative estimate of drug-likeness (QED) is 0.601. The molecule has 1 aliphatic rings. The van der Waals surface area contributed by atoms with E-state index >= 15 is 0 Å². The summed E-state index contributed by atoms with van der Waals surface area (Å²) >= 11 is 0. The molecule has 3 rings (SSSR count). The van der Waals surface area contributed by atoms with Crippen LogP contribution in [0.4, 0.5) is 5.82 Å². The lowest BCUT2D eigenvalue weighted by Crippen LogP contribution is -2.13. The van der Waals surface area contributed by atoms with Crippen molar-refractivity contribution in [1.82, 2.24) is 9.97 Å². The normalized spacial score (nSPS) is 14.2. The maximum absolute atomic E-state index is 11.5. The largest absolute Gasteiger partial charge is 0.481 e. The fourth-order valence-corrected chi connectivity index (χ4v) is 3.71. The standard InChI is InChI=1S/C22H29N3O2/c26-22(27)20(18-9-6-14-23-16-18)11-5-3-1-2-4-10-19-13-12-17-8-7-15-24-21(17)25-19/h6,9,12-14,16,20H,1-5,7-8,10-11,15H2,(H,24,25)(H,26,27)/t20-/m1/s1. The van der Waals surface area contributed by atoms with Gasteiger partial charge in [-0.25, -0.2) is 4.98 Å². The highest BCUT2D eigenvalue weighted by Crippen LogP contribution is 2.23. The summed E-state index contributed by atoms with van der Waals surface area (Å²) in [6.45, 7) is 1.03. The van der Waals surface area contributed by atoms with E-state index in [9.17, 15) is 9.90 Å². The van der Waals surface area contributed by atoms with E-state index in [0.717, 1.165) is 62.9 Å². The molecule has 0 fully saturated rings. The van der Waals surface area contributed by atoms with Gasteiger partial charge in [-0.2, -0.15) is 0 Å². The van der Waals surface area contributed by atoms with Gasteiger partial charge >= 0.3 is 5.97 Å². The zero-order valence-electron chi connectivity index (χ0n) is 15.9. The van der Waals surface area contributed by atoms with Crippen LogP contribution in [0.1, 0.15) is 67.7 Å². The number of pyridine rings is 2. The molecule has 0 aromatic carbocycles. The zero-order chi connectivity index (χ0) is 18.9. The van der Waals surface area contributed by atoms with E-state index in [1.165, 1.54) is 17.7 Å². The van der Waals surface area contributed by atoms with Crippen molar-refractivity contribution in [3.05, 3.63) is 53.5 Å². The number of carboxylic acid groups (broad SMARTS) is 1. The molecule has 0 radical (unpaired) electrons. The van der Waals surface area contributed by atoms with Gasteiger partial charge in [-0.1, -0.05) is 37.8 Å². The highest BCUT2D eigenvalue weighted by molar-refractivity contribution is 5.75. The smallest absolute Gasteiger partial charge is 0.311 e. The number of aromatic nitrogens is 2. The molecule has 5 heteroatoms. The van der Waals surface area contributed by atoms with Crippen LogP contribution in [0.15, 0.2) is 36.7 Å². The minimum atomic E-state index is -0.755. The summed E-state index contributed by atoms with van der Waals surface area (Å²) in [6.07, 6.45) is 12.8. The second-order valence-electron chi connectivity index (χ2n) is 7.32. The van der Waals surface area contributed by atoms with Gasteiger partial charge in [-0.05, 0) is 55.4 Å². The number of hydrogen-bond donors (Lipinski definition) is 2. The Morgan fingerprint density at radius 2 is 2.00 bits per heavy atom. The van der Waals surface area contributed by atoms with Crippen LogP contribution in [0.3, 0.4) is 0 Å². The molecule has 0 amide bonds. The van der Waals surface area contributed by atoms with Crippen molar-refractivity contribution in [2.24, 2.45) is 0 Å². The van der Waals surface area contributed by atoms with Crippen LogP contribution in [-0.4, -0.2) is 27.6 Å². The van der Waals surface area contributed by atoms with Crippen LogP contribution in [0.5, 0.6) is 0 Å². The summed E-state index contributed by atoms with van der Waals surface area (Å²) in [6, 6.07) is 8.03. The van der Waals surface area contributed by atoms with Gasteiger partial charge in [-0.15, -0.1) is 0 Å². The SMILES string of the molecule is O=C(O)[C@H](CCCCCCCc1ccc2c(n1)NCCC2)c1cccnc1. The molecule has 0 unspecified atom stereocenters. The molecule has 27 heavy (non-hydrogen) atoms. The maximum atomic E-state index is 11.5. The number of fused-ring (bicyclic) bond motifs is 1. The highest BCUT2D eigenvalue weighted by Gasteiger charge is 2.19. The van der Waals surface area contributed by atoms with Gasteiger partial charge in [0.25, 0.3) is 0 Å². The number of hydrogen-bond acceptors (Lipinski definition) is 4. The third kappa shape index (κ3) is 5.78. The van der Waals surface area contributed by atoms with Crippen molar-refractivity contribution in [3.8, 4) is 0 Å². The summed E-state index contributed by atoms with van der Waals surface area (Å²) < 4.78 is 0. The minimum absolute atomic E-state index is 0.439. The van der Waals surface area contributed by atoms with Crippen LogP contribution in [-0.2, 0) is 17.6 Å². The Morgan fingerprint density at radius 3 is 2.81 bits per heavy atom. The molecule has 0 spiro atoms. The molecule has 5 nitrogen and oxygen atoms in total. The van der Waals surface area contributed by atoms with Gasteiger partial charge in [0.15, 0.2) is 0 Å². The van der Waals surface area contributed by atoms with E-state index in [-0.39, 0.29) is 0 Å². The van der Waals surface area contributed by atoms with E-state index in [2.05, 4.69) is 22.4 Å². The monoisotopic (exact) mass is 367 g/mol. The van der Waals surface area contributed by atoms with Gasteiger partial charge in [-0.3, -0.25) is 9.78 Å². The van der Waals surface area contributed by atoms with E-state index in [0.29, 0.717) is 6.42 Å². The molecule has 2 aromatic heterocycles. The van der Waals surface area contributed by atoms with Crippen molar-refractivity contribution < 1.29 is 9.90 Å². The summed E-state index contributed by atoms with van der Waals surface area (Å²) in [5.41, 5.74) is 3.31. The number of rotatable bonds is 10. The van der Waals surface area contributed by atoms with E-state index in [4.69, 9.17) is 4.98 Å².